The van der Waals surface area contributed by atoms with Crippen molar-refractivity contribution in [1.29, 1.82) is 0 Å². The van der Waals surface area contributed by atoms with Crippen molar-refractivity contribution in [3.63, 3.8) is 0 Å². The van der Waals surface area contributed by atoms with Gasteiger partial charge in [0.2, 0.25) is 0 Å². The molecule has 11 heavy (non-hydrogen) atoms. The summed E-state index contributed by atoms with van der Waals surface area (Å²) in [6.45, 7) is 10.5. The van der Waals surface area contributed by atoms with Crippen molar-refractivity contribution in [2.45, 2.75) is 27.2 Å². The lowest BCUT2D eigenvalue weighted by Crippen LogP contribution is -2.04. The largest absolute Gasteiger partial charge is 0.0985 e. The van der Waals surface area contributed by atoms with Gasteiger partial charge in [-0.15, -0.1) is 0 Å². The Kier molecular flexibility index (Phi) is 2.33. The third-order valence-electron chi connectivity index (χ3n) is 2.44. The molecule has 0 nitrogen and oxygen atoms in total. The second kappa shape index (κ2) is 3.08. The smallest absolute Gasteiger partial charge is 0.0188 e. The molecule has 0 heteroatoms. The second-order valence-electron chi connectivity index (χ2n) is 3.44. The van der Waals surface area contributed by atoms with Gasteiger partial charge in [-0.3, -0.25) is 0 Å². The summed E-state index contributed by atoms with van der Waals surface area (Å²) in [5, 5.41) is 0. The molecule has 1 atom stereocenters. The Balaban J connectivity index is 3.01. The average molecular weight is 148 g/mol. The van der Waals surface area contributed by atoms with Crippen LogP contribution in [0.25, 0.3) is 0 Å². The minimum absolute atomic E-state index is 0.702. The summed E-state index contributed by atoms with van der Waals surface area (Å²) in [6, 6.07) is 0. The Morgan fingerprint density at radius 2 is 2.18 bits per heavy atom. The highest BCUT2D eigenvalue weighted by Gasteiger charge is 2.12. The van der Waals surface area contributed by atoms with Crippen LogP contribution in [-0.4, -0.2) is 0 Å². The van der Waals surface area contributed by atoms with Gasteiger partial charge in [0.25, 0.3) is 0 Å². The van der Waals surface area contributed by atoms with Crippen LogP contribution in [0.15, 0.2) is 35.5 Å². The molecule has 0 aliphatic heterocycles. The van der Waals surface area contributed by atoms with Crippen LogP contribution in [0.2, 0.25) is 0 Å². The molecular formula is C11H16. The third-order valence-corrected chi connectivity index (χ3v) is 2.44. The zero-order chi connectivity index (χ0) is 8.43. The van der Waals surface area contributed by atoms with Crippen LogP contribution in [0.5, 0.6) is 0 Å². The third kappa shape index (κ3) is 1.62. The van der Waals surface area contributed by atoms with Crippen molar-refractivity contribution in [2.24, 2.45) is 5.92 Å². The van der Waals surface area contributed by atoms with Crippen LogP contribution in [0.1, 0.15) is 27.2 Å². The Bertz CT molecular complexity index is 228. The minimum Gasteiger partial charge on any atom is -0.0985 e. The van der Waals surface area contributed by atoms with Crippen LogP contribution >= 0.6 is 0 Å². The summed E-state index contributed by atoms with van der Waals surface area (Å²) < 4.78 is 0. The van der Waals surface area contributed by atoms with E-state index < -0.39 is 0 Å². The maximum atomic E-state index is 3.80. The lowest BCUT2D eigenvalue weighted by molar-refractivity contribution is 0.656. The Morgan fingerprint density at radius 3 is 2.73 bits per heavy atom. The van der Waals surface area contributed by atoms with Crippen molar-refractivity contribution < 1.29 is 0 Å². The van der Waals surface area contributed by atoms with E-state index in [0.29, 0.717) is 5.92 Å². The first-order chi connectivity index (χ1) is 5.15. The van der Waals surface area contributed by atoms with Crippen molar-refractivity contribution in [1.82, 2.24) is 0 Å². The van der Waals surface area contributed by atoms with Crippen LogP contribution < -0.4 is 0 Å². The van der Waals surface area contributed by atoms with E-state index in [4.69, 9.17) is 0 Å². The molecule has 0 bridgehead atoms. The first-order valence-electron chi connectivity index (χ1n) is 4.15. The second-order valence-corrected chi connectivity index (χ2v) is 3.44. The molecule has 0 spiro atoms. The molecule has 0 aromatic carbocycles. The normalized spacial score (nSPS) is 25.0. The van der Waals surface area contributed by atoms with E-state index in [1.54, 1.807) is 0 Å². The summed E-state index contributed by atoms with van der Waals surface area (Å²) in [6.07, 6.45) is 5.40. The summed E-state index contributed by atoms with van der Waals surface area (Å²) >= 11 is 0. The maximum Gasteiger partial charge on any atom is -0.0188 e. The highest BCUT2D eigenvalue weighted by molar-refractivity contribution is 5.40. The zero-order valence-electron chi connectivity index (χ0n) is 7.65. The first kappa shape index (κ1) is 8.32. The summed E-state index contributed by atoms with van der Waals surface area (Å²) in [7, 11) is 0. The van der Waals surface area contributed by atoms with Gasteiger partial charge in [0.1, 0.15) is 0 Å². The van der Waals surface area contributed by atoms with Gasteiger partial charge in [-0.2, -0.15) is 0 Å². The van der Waals surface area contributed by atoms with Crippen molar-refractivity contribution >= 4 is 0 Å². The Morgan fingerprint density at radius 1 is 1.55 bits per heavy atom. The molecule has 1 aliphatic carbocycles. The first-order valence-corrected chi connectivity index (χ1v) is 4.15. The lowest BCUT2D eigenvalue weighted by atomic mass is 9.86. The summed E-state index contributed by atoms with van der Waals surface area (Å²) in [5.41, 5.74) is 4.27. The molecule has 60 valence electrons. The van der Waals surface area contributed by atoms with Gasteiger partial charge in [0.05, 0.1) is 0 Å². The van der Waals surface area contributed by atoms with Gasteiger partial charge in [-0.05, 0) is 31.8 Å². The van der Waals surface area contributed by atoms with E-state index in [1.807, 2.05) is 6.08 Å². The molecule has 1 aliphatic rings. The number of hydrogen-bond acceptors (Lipinski definition) is 0. The number of hydrogen-bond donors (Lipinski definition) is 0. The highest BCUT2D eigenvalue weighted by atomic mass is 14.2. The van der Waals surface area contributed by atoms with Crippen molar-refractivity contribution in [3.05, 3.63) is 35.5 Å². The van der Waals surface area contributed by atoms with E-state index in [0.717, 1.165) is 0 Å². The fourth-order valence-electron chi connectivity index (χ4n) is 1.58. The van der Waals surface area contributed by atoms with Crippen LogP contribution in [-0.2, 0) is 0 Å². The number of rotatable bonds is 1. The molecule has 0 N–H and O–H groups in total. The summed E-state index contributed by atoms with van der Waals surface area (Å²) in [4.78, 5) is 0. The Hall–Kier alpha value is -0.780. The van der Waals surface area contributed by atoms with Crippen molar-refractivity contribution in [3.8, 4) is 0 Å². The molecule has 1 unspecified atom stereocenters. The molecule has 0 saturated heterocycles. The minimum atomic E-state index is 0.702. The van der Waals surface area contributed by atoms with Gasteiger partial charge in [0.15, 0.2) is 0 Å². The van der Waals surface area contributed by atoms with Gasteiger partial charge < -0.3 is 0 Å². The predicted molar refractivity (Wildman–Crippen MR) is 50.4 cm³/mol. The monoisotopic (exact) mass is 148 g/mol. The standard InChI is InChI=1S/C11H16/c1-5-11-7-8(2)6-9(3)10(11)4/h5,7,9H,1,6H2,2-4H3. The fraction of sp³-hybridized carbons (Fsp3) is 0.455. The molecular weight excluding hydrogens is 132 g/mol. The van der Waals surface area contributed by atoms with E-state index in [-0.39, 0.29) is 0 Å². The van der Waals surface area contributed by atoms with Crippen LogP contribution in [0, 0.1) is 5.92 Å². The Labute approximate surface area is 69.3 Å². The zero-order valence-corrected chi connectivity index (χ0v) is 7.65. The fourth-order valence-corrected chi connectivity index (χ4v) is 1.58. The lowest BCUT2D eigenvalue weighted by Gasteiger charge is -2.20. The highest BCUT2D eigenvalue weighted by Crippen LogP contribution is 2.28. The molecule has 0 aromatic heterocycles. The topological polar surface area (TPSA) is 0 Å². The molecule has 0 heterocycles. The van der Waals surface area contributed by atoms with Gasteiger partial charge in [-0.1, -0.05) is 36.8 Å². The van der Waals surface area contributed by atoms with Gasteiger partial charge in [-0.25, -0.2) is 0 Å². The van der Waals surface area contributed by atoms with Gasteiger partial charge >= 0.3 is 0 Å². The molecule has 0 radical (unpaired) electrons. The SMILES string of the molecule is C=CC1=C(C)C(C)CC(C)=C1. The molecule has 0 fully saturated rings. The maximum absolute atomic E-state index is 3.80. The molecule has 0 amide bonds. The van der Waals surface area contributed by atoms with E-state index in [1.165, 1.54) is 23.1 Å². The molecule has 0 aromatic rings. The van der Waals surface area contributed by atoms with Crippen LogP contribution in [0.4, 0.5) is 0 Å². The van der Waals surface area contributed by atoms with E-state index in [9.17, 15) is 0 Å². The quantitative estimate of drug-likeness (QED) is 0.534. The molecule has 1 rings (SSSR count). The average Bonchev–Trinajstić information content (AvgIpc) is 1.96. The van der Waals surface area contributed by atoms with Crippen LogP contribution in [0.3, 0.4) is 0 Å². The predicted octanol–water partition coefficient (Wildman–Crippen LogP) is 3.48. The van der Waals surface area contributed by atoms with E-state index >= 15 is 0 Å². The molecule has 0 saturated carbocycles. The number of allylic oxidation sites excluding steroid dienone is 5. The van der Waals surface area contributed by atoms with E-state index in [2.05, 4.69) is 33.4 Å². The van der Waals surface area contributed by atoms with Crippen molar-refractivity contribution in [2.75, 3.05) is 0 Å². The van der Waals surface area contributed by atoms with Gasteiger partial charge in [0, 0.05) is 0 Å². The summed E-state index contributed by atoms with van der Waals surface area (Å²) in [5.74, 6) is 0.702.